The zero-order valence-electron chi connectivity index (χ0n) is 22.3. The standard InChI is InChI=1S/C28H36F3N3O3S/c1-5-38(37)26-9-8-18(2)11-22(26)14-32-27(36)21-12-19(3)24(25(13-21)28(30,31)17-29)16-34-10-6-7-23(15-34)33-20(4)35/h8-9,11-13,23H,5-7,10,14-17H2,1-4H3,(H,32,36)(H,33,35). The van der Waals surface area contributed by atoms with E-state index in [4.69, 9.17) is 0 Å². The zero-order chi connectivity index (χ0) is 28.0. The van der Waals surface area contributed by atoms with Crippen molar-refractivity contribution in [3.05, 3.63) is 63.7 Å². The van der Waals surface area contributed by atoms with Gasteiger partial charge in [-0.1, -0.05) is 24.6 Å². The van der Waals surface area contributed by atoms with Crippen molar-refractivity contribution in [3.8, 4) is 0 Å². The molecule has 6 nitrogen and oxygen atoms in total. The van der Waals surface area contributed by atoms with Crippen LogP contribution in [0.25, 0.3) is 0 Å². The van der Waals surface area contributed by atoms with Crippen LogP contribution in [0.15, 0.2) is 35.2 Å². The van der Waals surface area contributed by atoms with Crippen LogP contribution in [0.2, 0.25) is 0 Å². The van der Waals surface area contributed by atoms with E-state index >= 15 is 0 Å². The van der Waals surface area contributed by atoms with E-state index in [1.54, 1.807) is 26.0 Å². The molecule has 0 bridgehead atoms. The number of halogens is 3. The van der Waals surface area contributed by atoms with Gasteiger partial charge in [-0.3, -0.25) is 18.7 Å². The fourth-order valence-electron chi connectivity index (χ4n) is 4.89. The molecule has 0 saturated carbocycles. The number of carbonyl (C=O) groups excluding carboxylic acids is 2. The molecule has 0 spiro atoms. The van der Waals surface area contributed by atoms with Gasteiger partial charge in [0.15, 0.2) is 6.67 Å². The monoisotopic (exact) mass is 551 g/mol. The molecule has 2 N–H and O–H groups in total. The Morgan fingerprint density at radius 3 is 2.58 bits per heavy atom. The quantitative estimate of drug-likeness (QED) is 0.455. The number of nitrogens with zero attached hydrogens (tertiary/aromatic N) is 1. The first-order valence-electron chi connectivity index (χ1n) is 12.8. The van der Waals surface area contributed by atoms with Crippen molar-refractivity contribution in [1.29, 1.82) is 0 Å². The minimum Gasteiger partial charge on any atom is -0.352 e. The summed E-state index contributed by atoms with van der Waals surface area (Å²) >= 11 is 0. The third kappa shape index (κ3) is 7.44. The van der Waals surface area contributed by atoms with Crippen molar-refractivity contribution in [1.82, 2.24) is 15.5 Å². The number of carbonyl (C=O) groups is 2. The third-order valence-corrected chi connectivity index (χ3v) is 8.17. The number of aryl methyl sites for hydroxylation is 2. The number of likely N-dealkylation sites (tertiary alicyclic amines) is 1. The van der Waals surface area contributed by atoms with Crippen LogP contribution in [0.1, 0.15) is 64.9 Å². The highest BCUT2D eigenvalue weighted by Crippen LogP contribution is 2.35. The van der Waals surface area contributed by atoms with Gasteiger partial charge in [0.25, 0.3) is 5.91 Å². The zero-order valence-corrected chi connectivity index (χ0v) is 23.2. The van der Waals surface area contributed by atoms with E-state index < -0.39 is 34.9 Å². The van der Waals surface area contributed by atoms with E-state index in [9.17, 15) is 27.0 Å². The number of amides is 2. The van der Waals surface area contributed by atoms with Gasteiger partial charge < -0.3 is 10.6 Å². The molecule has 208 valence electrons. The number of benzene rings is 2. The maximum absolute atomic E-state index is 14.8. The van der Waals surface area contributed by atoms with E-state index in [0.717, 1.165) is 24.5 Å². The number of hydrogen-bond donors (Lipinski definition) is 2. The molecular formula is C28H36F3N3O3S. The molecule has 2 aromatic carbocycles. The molecule has 2 atom stereocenters. The molecule has 38 heavy (non-hydrogen) atoms. The summed E-state index contributed by atoms with van der Waals surface area (Å²) in [6.07, 6.45) is 1.60. The summed E-state index contributed by atoms with van der Waals surface area (Å²) in [5.41, 5.74) is 1.89. The minimum absolute atomic E-state index is 0.00922. The van der Waals surface area contributed by atoms with Crippen molar-refractivity contribution >= 4 is 22.6 Å². The summed E-state index contributed by atoms with van der Waals surface area (Å²) in [4.78, 5) is 27.1. The predicted molar refractivity (Wildman–Crippen MR) is 142 cm³/mol. The topological polar surface area (TPSA) is 78.5 Å². The highest BCUT2D eigenvalue weighted by molar-refractivity contribution is 7.85. The van der Waals surface area contributed by atoms with Gasteiger partial charge in [0.2, 0.25) is 5.91 Å². The van der Waals surface area contributed by atoms with E-state index in [1.807, 2.05) is 24.0 Å². The highest BCUT2D eigenvalue weighted by Gasteiger charge is 2.36. The molecule has 2 aromatic rings. The van der Waals surface area contributed by atoms with Gasteiger partial charge in [-0.15, -0.1) is 0 Å². The minimum atomic E-state index is -3.76. The van der Waals surface area contributed by atoms with Crippen LogP contribution in [0.4, 0.5) is 13.2 Å². The Bertz CT molecular complexity index is 1210. The number of nitrogens with one attached hydrogen (secondary N) is 2. The average molecular weight is 552 g/mol. The Kier molecular flexibility index (Phi) is 10.1. The Morgan fingerprint density at radius 1 is 1.18 bits per heavy atom. The largest absolute Gasteiger partial charge is 0.352 e. The molecule has 1 heterocycles. The van der Waals surface area contributed by atoms with Crippen molar-refractivity contribution in [2.24, 2.45) is 0 Å². The predicted octanol–water partition coefficient (Wildman–Crippen LogP) is 4.52. The molecule has 0 aliphatic carbocycles. The van der Waals surface area contributed by atoms with Crippen LogP contribution in [0.5, 0.6) is 0 Å². The van der Waals surface area contributed by atoms with Crippen LogP contribution in [-0.2, 0) is 34.6 Å². The maximum Gasteiger partial charge on any atom is 0.301 e. The van der Waals surface area contributed by atoms with E-state index in [0.29, 0.717) is 34.9 Å². The summed E-state index contributed by atoms with van der Waals surface area (Å²) in [6.45, 7) is 6.29. The Hall–Kier alpha value is -2.72. The molecule has 2 amide bonds. The van der Waals surface area contributed by atoms with Gasteiger partial charge >= 0.3 is 5.92 Å². The van der Waals surface area contributed by atoms with Gasteiger partial charge in [0, 0.05) is 54.4 Å². The molecule has 0 aromatic heterocycles. The lowest BCUT2D eigenvalue weighted by Crippen LogP contribution is -2.47. The number of hydrogen-bond acceptors (Lipinski definition) is 4. The SMILES string of the molecule is CCS(=O)c1ccc(C)cc1CNC(=O)c1cc(C)c(CN2CCCC(NC(C)=O)C2)c(C(F)(F)CF)c1. The van der Waals surface area contributed by atoms with E-state index in [1.165, 1.54) is 6.92 Å². The first kappa shape index (κ1) is 29.8. The van der Waals surface area contributed by atoms with Crippen LogP contribution in [0.3, 0.4) is 0 Å². The summed E-state index contributed by atoms with van der Waals surface area (Å²) in [5, 5.41) is 5.62. The van der Waals surface area contributed by atoms with Crippen molar-refractivity contribution in [2.45, 2.75) is 70.5 Å². The first-order valence-corrected chi connectivity index (χ1v) is 14.1. The Morgan fingerprint density at radius 2 is 1.92 bits per heavy atom. The van der Waals surface area contributed by atoms with Gasteiger partial charge in [-0.05, 0) is 68.1 Å². The van der Waals surface area contributed by atoms with Crippen LogP contribution >= 0.6 is 0 Å². The second kappa shape index (κ2) is 12.9. The lowest BCUT2D eigenvalue weighted by atomic mass is 9.93. The van der Waals surface area contributed by atoms with Crippen molar-refractivity contribution in [3.63, 3.8) is 0 Å². The first-order chi connectivity index (χ1) is 17.9. The Balaban J connectivity index is 1.86. The average Bonchev–Trinajstić information content (AvgIpc) is 2.87. The van der Waals surface area contributed by atoms with Crippen molar-refractivity contribution in [2.75, 3.05) is 25.5 Å². The molecular weight excluding hydrogens is 515 g/mol. The van der Waals surface area contributed by atoms with Crippen LogP contribution < -0.4 is 10.6 Å². The lowest BCUT2D eigenvalue weighted by molar-refractivity contribution is -0.120. The van der Waals surface area contributed by atoms with Gasteiger partial charge in [0.05, 0.1) is 10.8 Å². The molecule has 3 rings (SSSR count). The molecule has 1 aliphatic heterocycles. The summed E-state index contributed by atoms with van der Waals surface area (Å²) in [7, 11) is -1.22. The number of piperidine rings is 1. The maximum atomic E-state index is 14.8. The smallest absolute Gasteiger partial charge is 0.301 e. The fourth-order valence-corrected chi connectivity index (χ4v) is 5.84. The van der Waals surface area contributed by atoms with E-state index in [-0.39, 0.29) is 36.2 Å². The lowest BCUT2D eigenvalue weighted by Gasteiger charge is -2.34. The van der Waals surface area contributed by atoms with Gasteiger partial charge in [-0.25, -0.2) is 4.39 Å². The molecule has 0 radical (unpaired) electrons. The third-order valence-electron chi connectivity index (χ3n) is 6.75. The fraction of sp³-hybridized carbons (Fsp3) is 0.500. The molecule has 1 aliphatic rings. The number of rotatable bonds is 10. The molecule has 10 heteroatoms. The van der Waals surface area contributed by atoms with Crippen molar-refractivity contribution < 1.29 is 27.0 Å². The van der Waals surface area contributed by atoms with Gasteiger partial charge in [0.1, 0.15) is 0 Å². The second-order valence-corrected chi connectivity index (χ2v) is 11.6. The van der Waals surface area contributed by atoms with Gasteiger partial charge in [-0.2, -0.15) is 8.78 Å². The summed E-state index contributed by atoms with van der Waals surface area (Å²) in [5.74, 6) is -4.05. The summed E-state index contributed by atoms with van der Waals surface area (Å²) in [6, 6.07) is 8.00. The molecule has 2 unspecified atom stereocenters. The number of alkyl halides is 3. The highest BCUT2D eigenvalue weighted by atomic mass is 32.2. The van der Waals surface area contributed by atoms with Crippen LogP contribution in [-0.4, -0.2) is 52.5 Å². The molecule has 1 saturated heterocycles. The normalized spacial score (nSPS) is 17.2. The molecule has 1 fully saturated rings. The summed E-state index contributed by atoms with van der Waals surface area (Å²) < 4.78 is 55.6. The van der Waals surface area contributed by atoms with E-state index in [2.05, 4.69) is 10.6 Å². The van der Waals surface area contributed by atoms with Crippen LogP contribution in [0, 0.1) is 13.8 Å². The Labute approximate surface area is 224 Å². The second-order valence-electron chi connectivity index (χ2n) is 9.86.